The van der Waals surface area contributed by atoms with E-state index in [2.05, 4.69) is 16.0 Å². The number of imide groups is 1. The molecule has 3 rings (SSSR count). The Morgan fingerprint density at radius 1 is 1.17 bits per heavy atom. The van der Waals surface area contributed by atoms with Crippen molar-refractivity contribution >= 4 is 29.7 Å². The highest BCUT2D eigenvalue weighted by atomic mass is 16.5. The zero-order chi connectivity index (χ0) is 21.7. The minimum atomic E-state index is -1.17. The molecule has 5 amide bonds. The third kappa shape index (κ3) is 4.27. The van der Waals surface area contributed by atoms with E-state index in [1.54, 1.807) is 6.92 Å². The van der Waals surface area contributed by atoms with E-state index in [1.165, 1.54) is 0 Å². The van der Waals surface area contributed by atoms with E-state index in [-0.39, 0.29) is 12.5 Å². The molecule has 10 nitrogen and oxygen atoms in total. The number of carbonyl (C=O) groups excluding carboxylic acids is 5. The highest BCUT2D eigenvalue weighted by Gasteiger charge is 2.54. The Kier molecular flexibility index (Phi) is 6.34. The first-order valence-corrected chi connectivity index (χ1v) is 9.79. The number of fused-ring (bicyclic) bond motifs is 2. The molecule has 1 aromatic rings. The number of amides is 5. The second-order valence-electron chi connectivity index (χ2n) is 7.13. The molecule has 2 aliphatic rings. The number of urea groups is 1. The van der Waals surface area contributed by atoms with Crippen LogP contribution in [0.4, 0.5) is 4.79 Å². The molecular formula is C20H24N4O6. The first-order valence-electron chi connectivity index (χ1n) is 9.79. The fourth-order valence-electron chi connectivity index (χ4n) is 3.77. The summed E-state index contributed by atoms with van der Waals surface area (Å²) >= 11 is 0. The number of nitrogens with zero attached hydrogens (tertiary/aromatic N) is 1. The van der Waals surface area contributed by atoms with Crippen LogP contribution < -0.4 is 16.0 Å². The highest BCUT2D eigenvalue weighted by Crippen LogP contribution is 2.39. The van der Waals surface area contributed by atoms with Gasteiger partial charge in [0.1, 0.15) is 12.1 Å². The summed E-state index contributed by atoms with van der Waals surface area (Å²) in [4.78, 5) is 61.4. The Bertz CT molecular complexity index is 886. The summed E-state index contributed by atoms with van der Waals surface area (Å²) in [6, 6.07) is 6.75. The molecule has 30 heavy (non-hydrogen) atoms. The van der Waals surface area contributed by atoms with E-state index in [9.17, 15) is 24.0 Å². The zero-order valence-electron chi connectivity index (χ0n) is 16.7. The molecule has 1 heterocycles. The van der Waals surface area contributed by atoms with Gasteiger partial charge in [-0.2, -0.15) is 0 Å². The third-order valence-corrected chi connectivity index (χ3v) is 5.12. The van der Waals surface area contributed by atoms with Gasteiger partial charge in [-0.3, -0.25) is 24.1 Å². The number of rotatable bonds is 7. The Balaban J connectivity index is 1.57. The van der Waals surface area contributed by atoms with E-state index in [0.717, 1.165) is 28.9 Å². The molecule has 1 saturated heterocycles. The average Bonchev–Trinajstić information content (AvgIpc) is 2.96. The molecule has 0 radical (unpaired) electrons. The van der Waals surface area contributed by atoms with E-state index in [1.807, 2.05) is 24.3 Å². The van der Waals surface area contributed by atoms with Crippen molar-refractivity contribution < 1.29 is 28.7 Å². The Morgan fingerprint density at radius 2 is 1.93 bits per heavy atom. The lowest BCUT2D eigenvalue weighted by Gasteiger charge is -2.33. The van der Waals surface area contributed by atoms with Crippen LogP contribution >= 0.6 is 0 Å². The molecule has 10 heteroatoms. The maximum absolute atomic E-state index is 13.1. The molecule has 3 N–H and O–H groups in total. The van der Waals surface area contributed by atoms with Crippen LogP contribution in [-0.4, -0.2) is 60.9 Å². The van der Waals surface area contributed by atoms with E-state index in [0.29, 0.717) is 13.0 Å². The topological polar surface area (TPSA) is 134 Å². The number of nitrogens with one attached hydrogen (secondary N) is 3. The van der Waals surface area contributed by atoms with Crippen LogP contribution in [-0.2, 0) is 35.9 Å². The maximum Gasteiger partial charge on any atom is 0.326 e. The van der Waals surface area contributed by atoms with E-state index < -0.39 is 42.5 Å². The smallest absolute Gasteiger partial charge is 0.326 e. The minimum Gasteiger partial charge on any atom is -0.454 e. The number of benzene rings is 1. The number of esters is 1. The molecule has 0 bridgehead atoms. The summed E-state index contributed by atoms with van der Waals surface area (Å²) in [6.45, 7) is 0.724. The Morgan fingerprint density at radius 3 is 2.70 bits per heavy atom. The molecule has 1 atom stereocenters. The van der Waals surface area contributed by atoms with Crippen molar-refractivity contribution in [2.75, 3.05) is 26.2 Å². The number of aryl methyl sites for hydroxylation is 1. The largest absolute Gasteiger partial charge is 0.454 e. The van der Waals surface area contributed by atoms with Crippen LogP contribution in [0.1, 0.15) is 30.9 Å². The van der Waals surface area contributed by atoms with Crippen LogP contribution in [0.5, 0.6) is 0 Å². The van der Waals surface area contributed by atoms with E-state index in [4.69, 9.17) is 4.74 Å². The van der Waals surface area contributed by atoms with Crippen molar-refractivity contribution in [3.63, 3.8) is 0 Å². The normalized spacial score (nSPS) is 19.8. The Labute approximate surface area is 173 Å². The first-order chi connectivity index (χ1) is 14.4. The van der Waals surface area contributed by atoms with Gasteiger partial charge >= 0.3 is 12.0 Å². The average molecular weight is 416 g/mol. The monoisotopic (exact) mass is 416 g/mol. The third-order valence-electron chi connectivity index (χ3n) is 5.12. The van der Waals surface area contributed by atoms with Crippen LogP contribution in [0.2, 0.25) is 0 Å². The molecule has 0 unspecified atom stereocenters. The number of hydrogen-bond acceptors (Lipinski definition) is 6. The number of ether oxygens (including phenoxy) is 1. The molecular weight excluding hydrogens is 392 g/mol. The van der Waals surface area contributed by atoms with Gasteiger partial charge in [0.25, 0.3) is 11.8 Å². The summed E-state index contributed by atoms with van der Waals surface area (Å²) < 4.78 is 4.84. The van der Waals surface area contributed by atoms with Crippen molar-refractivity contribution in [2.45, 2.75) is 31.7 Å². The summed E-state index contributed by atoms with van der Waals surface area (Å²) in [5.74, 6) is -2.43. The van der Waals surface area contributed by atoms with Crippen LogP contribution in [0.3, 0.4) is 0 Å². The van der Waals surface area contributed by atoms with Crippen molar-refractivity contribution in [3.8, 4) is 0 Å². The molecule has 1 aliphatic carbocycles. The fraction of sp³-hybridized carbons (Fsp3) is 0.450. The molecule has 0 aromatic heterocycles. The second-order valence-corrected chi connectivity index (χ2v) is 7.13. The minimum absolute atomic E-state index is 0.237. The summed E-state index contributed by atoms with van der Waals surface area (Å²) in [7, 11) is 0. The number of likely N-dealkylation sites (N-methyl/N-ethyl adjacent to an activating group) is 1. The lowest BCUT2D eigenvalue weighted by molar-refractivity contribution is -0.151. The van der Waals surface area contributed by atoms with Crippen LogP contribution in [0.25, 0.3) is 0 Å². The quantitative estimate of drug-likeness (QED) is 0.408. The van der Waals surface area contributed by atoms with Gasteiger partial charge in [0.2, 0.25) is 5.91 Å². The first kappa shape index (κ1) is 21.3. The van der Waals surface area contributed by atoms with Crippen molar-refractivity contribution in [1.82, 2.24) is 20.9 Å². The van der Waals surface area contributed by atoms with Gasteiger partial charge in [-0.25, -0.2) is 4.79 Å². The molecule has 1 fully saturated rings. The number of carbonyl (C=O) groups is 5. The summed E-state index contributed by atoms with van der Waals surface area (Å²) in [5, 5.41) is 7.56. The van der Waals surface area contributed by atoms with Gasteiger partial charge in [-0.15, -0.1) is 0 Å². The lowest BCUT2D eigenvalue weighted by atomic mass is 9.76. The zero-order valence-corrected chi connectivity index (χ0v) is 16.7. The molecule has 1 aliphatic heterocycles. The van der Waals surface area contributed by atoms with Crippen molar-refractivity contribution in [1.29, 1.82) is 0 Å². The molecule has 1 spiro atoms. The highest BCUT2D eigenvalue weighted by molar-refractivity contribution is 6.09. The van der Waals surface area contributed by atoms with Gasteiger partial charge in [0, 0.05) is 6.54 Å². The predicted molar refractivity (Wildman–Crippen MR) is 104 cm³/mol. The van der Waals surface area contributed by atoms with Gasteiger partial charge in [0.05, 0.1) is 6.54 Å². The fourth-order valence-corrected chi connectivity index (χ4v) is 3.77. The number of hydrogen-bond donors (Lipinski definition) is 3. The summed E-state index contributed by atoms with van der Waals surface area (Å²) in [6.07, 6.45) is 1.99. The van der Waals surface area contributed by atoms with Crippen molar-refractivity contribution in [2.24, 2.45) is 0 Å². The van der Waals surface area contributed by atoms with Gasteiger partial charge in [-0.1, -0.05) is 24.3 Å². The molecule has 160 valence electrons. The SMILES string of the molecule is CCNC(=O)CNC(=O)COC(=O)CN1C(=O)N[C@]2(CCCc3ccccc32)C1=O. The van der Waals surface area contributed by atoms with Crippen LogP contribution in [0.15, 0.2) is 24.3 Å². The standard InChI is InChI=1S/C20H24N4O6/c1-2-21-15(25)10-22-16(26)12-30-17(27)11-24-18(28)20(23-19(24)29)9-5-7-13-6-3-4-8-14(13)20/h3-4,6,8H,2,5,7,9-12H2,1H3,(H,21,25)(H,22,26)(H,23,29)/t20-/m0/s1. The van der Waals surface area contributed by atoms with E-state index >= 15 is 0 Å². The molecule has 0 saturated carbocycles. The lowest BCUT2D eigenvalue weighted by Crippen LogP contribution is -2.47. The predicted octanol–water partition coefficient (Wildman–Crippen LogP) is -0.434. The Hall–Kier alpha value is -3.43. The summed E-state index contributed by atoms with van der Waals surface area (Å²) in [5.41, 5.74) is 0.566. The van der Waals surface area contributed by atoms with Gasteiger partial charge < -0.3 is 20.7 Å². The van der Waals surface area contributed by atoms with Gasteiger partial charge in [0.15, 0.2) is 6.61 Å². The van der Waals surface area contributed by atoms with Crippen molar-refractivity contribution in [3.05, 3.63) is 35.4 Å². The second kappa shape index (κ2) is 8.93. The molecule has 1 aromatic carbocycles. The van der Waals surface area contributed by atoms with Gasteiger partial charge in [-0.05, 0) is 37.3 Å². The maximum atomic E-state index is 13.1. The van der Waals surface area contributed by atoms with Crippen LogP contribution in [0, 0.1) is 0 Å².